The summed E-state index contributed by atoms with van der Waals surface area (Å²) in [5.41, 5.74) is 0. The van der Waals surface area contributed by atoms with Crippen molar-refractivity contribution in [3.63, 3.8) is 0 Å². The lowest BCUT2D eigenvalue weighted by molar-refractivity contribution is 0.300. The molecular weight excluding hydrogens is 162 g/mol. The van der Waals surface area contributed by atoms with Crippen LogP contribution in [0.4, 0.5) is 0 Å². The SMILES string of the molecule is CC(CO)SCc1ccno1. The Bertz CT molecular complexity index is 188. The first kappa shape index (κ1) is 8.62. The number of thioether (sulfide) groups is 1. The van der Waals surface area contributed by atoms with Crippen LogP contribution in [0.15, 0.2) is 16.8 Å². The zero-order valence-electron chi connectivity index (χ0n) is 6.36. The first-order valence-electron chi connectivity index (χ1n) is 3.45. The minimum Gasteiger partial charge on any atom is -0.395 e. The molecule has 11 heavy (non-hydrogen) atoms. The molecule has 4 heteroatoms. The van der Waals surface area contributed by atoms with Gasteiger partial charge in [0.1, 0.15) is 5.76 Å². The van der Waals surface area contributed by atoms with Gasteiger partial charge in [0.15, 0.2) is 0 Å². The Kier molecular flexibility index (Phi) is 3.45. The normalized spacial score (nSPS) is 13.3. The molecule has 1 heterocycles. The monoisotopic (exact) mass is 173 g/mol. The van der Waals surface area contributed by atoms with Crippen LogP contribution in [-0.2, 0) is 5.75 Å². The van der Waals surface area contributed by atoms with Gasteiger partial charge in [0.2, 0.25) is 0 Å². The van der Waals surface area contributed by atoms with E-state index in [1.54, 1.807) is 18.0 Å². The predicted molar refractivity (Wildman–Crippen MR) is 44.3 cm³/mol. The topological polar surface area (TPSA) is 46.3 Å². The van der Waals surface area contributed by atoms with Gasteiger partial charge >= 0.3 is 0 Å². The summed E-state index contributed by atoms with van der Waals surface area (Å²) in [5.74, 6) is 1.64. The molecule has 0 radical (unpaired) electrons. The summed E-state index contributed by atoms with van der Waals surface area (Å²) in [4.78, 5) is 0. The van der Waals surface area contributed by atoms with Crippen LogP contribution in [0, 0.1) is 0 Å². The van der Waals surface area contributed by atoms with Crippen molar-refractivity contribution in [2.45, 2.75) is 17.9 Å². The molecule has 0 spiro atoms. The summed E-state index contributed by atoms with van der Waals surface area (Å²) in [5, 5.41) is 12.5. The zero-order chi connectivity index (χ0) is 8.10. The molecule has 0 aliphatic heterocycles. The Labute approximate surface area is 69.8 Å². The van der Waals surface area contributed by atoms with Crippen molar-refractivity contribution < 1.29 is 9.63 Å². The predicted octanol–water partition coefficient (Wildman–Crippen LogP) is 1.29. The van der Waals surface area contributed by atoms with Crippen molar-refractivity contribution in [3.05, 3.63) is 18.0 Å². The van der Waals surface area contributed by atoms with Gasteiger partial charge in [-0.25, -0.2) is 0 Å². The Hall–Kier alpha value is -0.480. The number of hydrogen-bond donors (Lipinski definition) is 1. The largest absolute Gasteiger partial charge is 0.395 e. The number of aromatic nitrogens is 1. The van der Waals surface area contributed by atoms with Gasteiger partial charge < -0.3 is 9.63 Å². The van der Waals surface area contributed by atoms with E-state index in [2.05, 4.69) is 5.16 Å². The smallest absolute Gasteiger partial charge is 0.146 e. The number of aliphatic hydroxyl groups is 1. The molecule has 0 aliphatic rings. The van der Waals surface area contributed by atoms with E-state index in [9.17, 15) is 0 Å². The van der Waals surface area contributed by atoms with Gasteiger partial charge in [-0.3, -0.25) is 0 Å². The van der Waals surface area contributed by atoms with E-state index in [1.807, 2.05) is 13.0 Å². The molecule has 1 unspecified atom stereocenters. The number of nitrogens with zero attached hydrogens (tertiary/aromatic N) is 1. The second kappa shape index (κ2) is 4.41. The Morgan fingerprint density at radius 3 is 3.18 bits per heavy atom. The molecule has 3 nitrogen and oxygen atoms in total. The van der Waals surface area contributed by atoms with E-state index < -0.39 is 0 Å². The third kappa shape index (κ3) is 2.95. The zero-order valence-corrected chi connectivity index (χ0v) is 7.17. The van der Waals surface area contributed by atoms with Crippen LogP contribution in [-0.4, -0.2) is 22.1 Å². The standard InChI is InChI=1S/C7H11NO2S/c1-6(4-9)11-5-7-2-3-8-10-7/h2-3,6,9H,4-5H2,1H3. The van der Waals surface area contributed by atoms with Crippen LogP contribution in [0.3, 0.4) is 0 Å². The third-order valence-electron chi connectivity index (χ3n) is 1.26. The van der Waals surface area contributed by atoms with Gasteiger partial charge in [-0.15, -0.1) is 11.8 Å². The average molecular weight is 173 g/mol. The van der Waals surface area contributed by atoms with Crippen LogP contribution in [0.25, 0.3) is 0 Å². The van der Waals surface area contributed by atoms with E-state index in [1.165, 1.54) is 0 Å². The molecule has 0 saturated carbocycles. The summed E-state index contributed by atoms with van der Waals surface area (Å²) in [6, 6.07) is 1.83. The van der Waals surface area contributed by atoms with Gasteiger partial charge in [-0.05, 0) is 0 Å². The molecule has 62 valence electrons. The molecule has 0 bridgehead atoms. The van der Waals surface area contributed by atoms with Crippen LogP contribution >= 0.6 is 11.8 Å². The first-order valence-corrected chi connectivity index (χ1v) is 4.50. The number of hydrogen-bond acceptors (Lipinski definition) is 4. The van der Waals surface area contributed by atoms with E-state index in [-0.39, 0.29) is 11.9 Å². The van der Waals surface area contributed by atoms with Gasteiger partial charge in [0.05, 0.1) is 18.6 Å². The van der Waals surface area contributed by atoms with E-state index in [0.717, 1.165) is 11.5 Å². The minimum atomic E-state index is 0.207. The van der Waals surface area contributed by atoms with Gasteiger partial charge in [0.25, 0.3) is 0 Å². The average Bonchev–Trinajstić information content (AvgIpc) is 2.52. The highest BCUT2D eigenvalue weighted by atomic mass is 32.2. The molecule has 0 amide bonds. The van der Waals surface area contributed by atoms with Crippen LogP contribution in [0.2, 0.25) is 0 Å². The van der Waals surface area contributed by atoms with Gasteiger partial charge in [0, 0.05) is 11.3 Å². The fourth-order valence-corrected chi connectivity index (χ4v) is 1.30. The van der Waals surface area contributed by atoms with Crippen LogP contribution in [0.5, 0.6) is 0 Å². The first-order chi connectivity index (χ1) is 5.33. The highest BCUT2D eigenvalue weighted by Gasteiger charge is 2.02. The lowest BCUT2D eigenvalue weighted by atomic mass is 10.5. The molecule has 0 fully saturated rings. The maximum absolute atomic E-state index is 8.70. The van der Waals surface area contributed by atoms with Crippen molar-refractivity contribution in [3.8, 4) is 0 Å². The van der Waals surface area contributed by atoms with Crippen molar-refractivity contribution in [1.82, 2.24) is 5.16 Å². The molecule has 1 aromatic rings. The highest BCUT2D eigenvalue weighted by Crippen LogP contribution is 2.16. The Morgan fingerprint density at radius 1 is 1.82 bits per heavy atom. The third-order valence-corrected chi connectivity index (χ3v) is 2.43. The van der Waals surface area contributed by atoms with E-state index >= 15 is 0 Å². The fourth-order valence-electron chi connectivity index (χ4n) is 0.594. The van der Waals surface area contributed by atoms with E-state index in [4.69, 9.17) is 9.63 Å². The lowest BCUT2D eigenvalue weighted by Crippen LogP contribution is -2.01. The van der Waals surface area contributed by atoms with Crippen molar-refractivity contribution >= 4 is 11.8 Å². The Balaban J connectivity index is 2.23. The molecule has 1 atom stereocenters. The number of aliphatic hydroxyl groups excluding tert-OH is 1. The number of rotatable bonds is 4. The van der Waals surface area contributed by atoms with Gasteiger partial charge in [-0.1, -0.05) is 12.1 Å². The minimum absolute atomic E-state index is 0.207. The van der Waals surface area contributed by atoms with Gasteiger partial charge in [-0.2, -0.15) is 0 Å². The summed E-state index contributed by atoms with van der Waals surface area (Å²) < 4.78 is 4.88. The highest BCUT2D eigenvalue weighted by molar-refractivity contribution is 7.99. The molecule has 1 N–H and O–H groups in total. The molecular formula is C7H11NO2S. The second-order valence-corrected chi connectivity index (χ2v) is 3.71. The van der Waals surface area contributed by atoms with Crippen molar-refractivity contribution in [2.24, 2.45) is 0 Å². The second-order valence-electron chi connectivity index (χ2n) is 2.28. The molecule has 1 aromatic heterocycles. The summed E-state index contributed by atoms with van der Waals surface area (Å²) in [7, 11) is 0. The van der Waals surface area contributed by atoms with Crippen molar-refractivity contribution in [1.29, 1.82) is 0 Å². The molecule has 0 aliphatic carbocycles. The molecule has 0 saturated heterocycles. The van der Waals surface area contributed by atoms with Crippen LogP contribution in [0.1, 0.15) is 12.7 Å². The maximum Gasteiger partial charge on any atom is 0.146 e. The lowest BCUT2D eigenvalue weighted by Gasteiger charge is -2.03. The summed E-state index contributed by atoms with van der Waals surface area (Å²) >= 11 is 1.65. The van der Waals surface area contributed by atoms with Crippen molar-refractivity contribution in [2.75, 3.05) is 6.61 Å². The summed E-state index contributed by atoms with van der Waals surface area (Å²) in [6.45, 7) is 2.18. The van der Waals surface area contributed by atoms with E-state index in [0.29, 0.717) is 0 Å². The Morgan fingerprint density at radius 2 is 2.64 bits per heavy atom. The maximum atomic E-state index is 8.70. The molecule has 1 rings (SSSR count). The molecule has 0 aromatic carbocycles. The summed E-state index contributed by atoms with van der Waals surface area (Å²) in [6.07, 6.45) is 1.62. The van der Waals surface area contributed by atoms with Crippen LogP contribution < -0.4 is 0 Å². The fraction of sp³-hybridized carbons (Fsp3) is 0.571. The quantitative estimate of drug-likeness (QED) is 0.745.